The molecule has 2 aromatic rings. The minimum atomic E-state index is -6.42. The van der Waals surface area contributed by atoms with Crippen LogP contribution in [0.1, 0.15) is 49.8 Å². The number of carbonyl (C=O) groups excluding carboxylic acids is 2. The highest BCUT2D eigenvalue weighted by Crippen LogP contribution is 2.57. The van der Waals surface area contributed by atoms with Crippen LogP contribution < -0.4 is 0 Å². The number of likely N-dealkylation sites (tertiary alicyclic amines) is 2. The summed E-state index contributed by atoms with van der Waals surface area (Å²) in [6, 6.07) is 1.91. The van der Waals surface area contributed by atoms with Crippen molar-refractivity contribution in [2.75, 3.05) is 13.1 Å². The predicted octanol–water partition coefficient (Wildman–Crippen LogP) is 5.04. The van der Waals surface area contributed by atoms with E-state index in [4.69, 9.17) is 0 Å². The summed E-state index contributed by atoms with van der Waals surface area (Å²) < 4.78 is 152. The van der Waals surface area contributed by atoms with Gasteiger partial charge in [0.05, 0.1) is 16.5 Å². The second-order valence-electron chi connectivity index (χ2n) is 12.7. The van der Waals surface area contributed by atoms with E-state index in [1.807, 2.05) is 0 Å². The highest BCUT2D eigenvalue weighted by Gasteiger charge is 2.74. The largest absolute Gasteiger partial charge is 0.435 e. The molecule has 258 valence electrons. The molecule has 2 saturated heterocycles. The van der Waals surface area contributed by atoms with E-state index in [0.29, 0.717) is 12.1 Å². The molecular formula is C30H29F9N2O5S. The summed E-state index contributed by atoms with van der Waals surface area (Å²) in [5, 5.41) is 10.3. The van der Waals surface area contributed by atoms with Gasteiger partial charge in [-0.05, 0) is 68.5 Å². The summed E-state index contributed by atoms with van der Waals surface area (Å²) in [4.78, 5) is 28.1. The van der Waals surface area contributed by atoms with E-state index in [0.717, 1.165) is 34.1 Å². The molecule has 5 rings (SSSR count). The third-order valence-corrected chi connectivity index (χ3v) is 11.7. The van der Waals surface area contributed by atoms with Gasteiger partial charge in [-0.25, -0.2) is 21.6 Å². The maximum absolute atomic E-state index is 15.0. The lowest BCUT2D eigenvalue weighted by atomic mass is 9.76. The van der Waals surface area contributed by atoms with Gasteiger partial charge in [0, 0.05) is 25.1 Å². The number of amides is 2. The number of hydrogen-bond acceptors (Lipinski definition) is 5. The number of β-amino-alcohol motifs (C(OH)–C–C–N with tert-alkyl or cyclic N) is 1. The van der Waals surface area contributed by atoms with Gasteiger partial charge in [-0.15, -0.1) is 0 Å². The van der Waals surface area contributed by atoms with Gasteiger partial charge in [0.2, 0.25) is 5.91 Å². The molecule has 1 N–H and O–H groups in total. The van der Waals surface area contributed by atoms with Gasteiger partial charge < -0.3 is 14.9 Å². The van der Waals surface area contributed by atoms with Crippen molar-refractivity contribution in [2.45, 2.75) is 91.1 Å². The Morgan fingerprint density at radius 3 is 2.15 bits per heavy atom. The second kappa shape index (κ2) is 11.1. The molecule has 3 aliphatic rings. The highest BCUT2D eigenvalue weighted by molar-refractivity contribution is 7.92. The molecule has 1 aliphatic carbocycles. The number of alkyl halides is 8. The number of nitrogens with zero attached hydrogens (tertiary/aromatic N) is 2. The lowest BCUT2D eigenvalue weighted by Crippen LogP contribution is -2.56. The molecule has 0 radical (unpaired) electrons. The Kier molecular flexibility index (Phi) is 8.26. The van der Waals surface area contributed by atoms with Gasteiger partial charge in [0.15, 0.2) is 16.0 Å². The zero-order chi connectivity index (χ0) is 35.1. The number of halogens is 9. The Labute approximate surface area is 263 Å². The minimum absolute atomic E-state index is 0.211. The Balaban J connectivity index is 1.66. The average Bonchev–Trinajstić information content (AvgIpc) is 3.49. The molecule has 0 unspecified atom stereocenters. The number of rotatable bonds is 6. The highest BCUT2D eigenvalue weighted by atomic mass is 32.2. The molecule has 0 bridgehead atoms. The van der Waals surface area contributed by atoms with Crippen molar-refractivity contribution >= 4 is 21.7 Å². The molecule has 2 aliphatic heterocycles. The van der Waals surface area contributed by atoms with Crippen LogP contribution in [-0.4, -0.2) is 84.4 Å². The third-order valence-electron chi connectivity index (χ3n) is 9.15. The quantitative estimate of drug-likeness (QED) is 0.337. The first-order valence-corrected chi connectivity index (χ1v) is 15.9. The first-order chi connectivity index (χ1) is 21.5. The van der Waals surface area contributed by atoms with Gasteiger partial charge in [-0.3, -0.25) is 9.59 Å². The number of carbonyl (C=O) groups is 2. The Bertz CT molecular complexity index is 1670. The minimum Gasteiger partial charge on any atom is -0.389 e. The topological polar surface area (TPSA) is 95.0 Å². The number of fused-ring (bicyclic) bond motifs is 3. The van der Waals surface area contributed by atoms with Crippen molar-refractivity contribution in [3.8, 4) is 0 Å². The summed E-state index contributed by atoms with van der Waals surface area (Å²) in [5.74, 6) is -2.76. The molecule has 2 fully saturated rings. The molecule has 0 aromatic heterocycles. The third kappa shape index (κ3) is 5.36. The van der Waals surface area contributed by atoms with E-state index in [1.165, 1.54) is 13.8 Å². The summed E-state index contributed by atoms with van der Waals surface area (Å²) >= 11 is 0. The second-order valence-corrected chi connectivity index (χ2v) is 14.9. The van der Waals surface area contributed by atoms with Gasteiger partial charge >= 0.3 is 18.0 Å². The lowest BCUT2D eigenvalue weighted by molar-refractivity contribution is -0.348. The van der Waals surface area contributed by atoms with Crippen molar-refractivity contribution < 1.29 is 62.6 Å². The zero-order valence-corrected chi connectivity index (χ0v) is 25.6. The van der Waals surface area contributed by atoms with E-state index in [9.17, 15) is 58.2 Å². The fourth-order valence-corrected chi connectivity index (χ4v) is 9.47. The molecule has 0 saturated carbocycles. The summed E-state index contributed by atoms with van der Waals surface area (Å²) in [6.45, 7) is 1.84. The average molecular weight is 701 g/mol. The van der Waals surface area contributed by atoms with Crippen LogP contribution >= 0.6 is 0 Å². The SMILES string of the molecule is CC(C)(O)CN1C(=O)[C@@H](F)C[C@H]1C(=O)N1CC[C@]2(S(=O)(=O)c3ccc(F)cc3)c3ccc(C(F)(C(F)(F)F)C(F)(F)F)cc3CC[C@H]12. The van der Waals surface area contributed by atoms with Crippen molar-refractivity contribution in [3.63, 3.8) is 0 Å². The van der Waals surface area contributed by atoms with Crippen LogP contribution in [0.15, 0.2) is 47.4 Å². The van der Waals surface area contributed by atoms with Crippen LogP contribution in [0.25, 0.3) is 0 Å². The molecule has 2 aromatic carbocycles. The smallest absolute Gasteiger partial charge is 0.389 e. The number of aliphatic hydroxyl groups is 1. The molecule has 4 atom stereocenters. The van der Waals surface area contributed by atoms with Crippen LogP contribution in [0.4, 0.5) is 39.5 Å². The Morgan fingerprint density at radius 2 is 1.60 bits per heavy atom. The molecule has 7 nitrogen and oxygen atoms in total. The number of aryl methyl sites for hydroxylation is 1. The van der Waals surface area contributed by atoms with Crippen molar-refractivity contribution in [2.24, 2.45) is 0 Å². The maximum Gasteiger partial charge on any atom is 0.435 e. The van der Waals surface area contributed by atoms with E-state index in [1.54, 1.807) is 0 Å². The van der Waals surface area contributed by atoms with Crippen molar-refractivity contribution in [1.82, 2.24) is 9.80 Å². The monoisotopic (exact) mass is 700 g/mol. The van der Waals surface area contributed by atoms with Crippen LogP contribution in [0, 0.1) is 5.82 Å². The van der Waals surface area contributed by atoms with Gasteiger partial charge in [-0.1, -0.05) is 18.2 Å². The Morgan fingerprint density at radius 1 is 1.00 bits per heavy atom. The summed E-state index contributed by atoms with van der Waals surface area (Å²) in [5.41, 5.74) is -9.76. The molecule has 47 heavy (non-hydrogen) atoms. The van der Waals surface area contributed by atoms with E-state index < -0.39 is 104 Å². The Hall–Kier alpha value is -3.34. The molecule has 2 heterocycles. The van der Waals surface area contributed by atoms with Crippen molar-refractivity contribution in [3.05, 3.63) is 65.0 Å². The van der Waals surface area contributed by atoms with Gasteiger partial charge in [0.1, 0.15) is 16.6 Å². The zero-order valence-electron chi connectivity index (χ0n) is 24.8. The van der Waals surface area contributed by atoms with E-state index >= 15 is 4.39 Å². The fraction of sp³-hybridized carbons (Fsp3) is 0.533. The molecular weight excluding hydrogens is 671 g/mol. The van der Waals surface area contributed by atoms with E-state index in [-0.39, 0.29) is 36.6 Å². The number of benzene rings is 2. The van der Waals surface area contributed by atoms with Crippen molar-refractivity contribution in [1.29, 1.82) is 0 Å². The van der Waals surface area contributed by atoms with Gasteiger partial charge in [0.25, 0.3) is 5.91 Å². The van der Waals surface area contributed by atoms with Crippen LogP contribution in [0.2, 0.25) is 0 Å². The fourth-order valence-electron chi connectivity index (χ4n) is 7.11. The van der Waals surface area contributed by atoms with Crippen LogP contribution in [0.3, 0.4) is 0 Å². The standard InChI is InChI=1S/C30H29F9N2O5S/c1-26(2,44)15-41-22(14-21(32)24(41)42)25(43)40-12-11-27(47(45,46)19-7-5-18(31)6-8-19)20-9-4-17(13-16(20)3-10-23(27)40)28(33,29(34,35)36)30(37,38)39/h4-9,13,21-23,44H,3,10-12,14-15H2,1-2H3/t21-,22-,23-,27-/m0/s1. The molecule has 2 amide bonds. The number of sulfone groups is 1. The van der Waals surface area contributed by atoms with E-state index in [2.05, 4.69) is 0 Å². The first kappa shape index (κ1) is 35.0. The maximum atomic E-state index is 15.0. The predicted molar refractivity (Wildman–Crippen MR) is 146 cm³/mol. The lowest BCUT2D eigenvalue weighted by Gasteiger charge is -2.44. The molecule has 0 spiro atoms. The van der Waals surface area contributed by atoms with Gasteiger partial charge in [-0.2, -0.15) is 26.3 Å². The van der Waals surface area contributed by atoms with Crippen LogP contribution in [0.5, 0.6) is 0 Å². The summed E-state index contributed by atoms with van der Waals surface area (Å²) in [7, 11) is -4.74. The number of hydrogen-bond donors (Lipinski definition) is 1. The normalized spacial score (nSPS) is 25.6. The molecule has 17 heteroatoms. The van der Waals surface area contributed by atoms with Crippen LogP contribution in [-0.2, 0) is 36.3 Å². The first-order valence-electron chi connectivity index (χ1n) is 14.4. The summed E-state index contributed by atoms with van der Waals surface area (Å²) in [6.07, 6.45) is -16.7.